The van der Waals surface area contributed by atoms with Gasteiger partial charge in [-0.05, 0) is 30.2 Å². The SMILES string of the molecule is N#Cc1ccc(N2CC[C@@]3(CO)CN(C(=O)COCc4ccccc4)C[C@H]3C2)cc1C(F)(F)F. The molecule has 2 aromatic carbocycles. The first-order valence-corrected chi connectivity index (χ1v) is 11.1. The molecule has 2 saturated heterocycles. The Morgan fingerprint density at radius 3 is 2.65 bits per heavy atom. The van der Waals surface area contributed by atoms with Crippen LogP contribution in [0.2, 0.25) is 0 Å². The molecular weight excluding hydrogens is 447 g/mol. The molecule has 2 fully saturated rings. The normalized spacial score (nSPS) is 22.4. The zero-order chi connectivity index (χ0) is 24.3. The number of ether oxygens (including phenoxy) is 1. The van der Waals surface area contributed by atoms with Crippen LogP contribution >= 0.6 is 0 Å². The molecule has 0 radical (unpaired) electrons. The minimum atomic E-state index is -4.62. The van der Waals surface area contributed by atoms with Crippen LogP contribution in [0.3, 0.4) is 0 Å². The number of amides is 1. The monoisotopic (exact) mass is 473 g/mol. The fraction of sp³-hybridized carbons (Fsp3) is 0.440. The summed E-state index contributed by atoms with van der Waals surface area (Å²) in [6.07, 6.45) is -4.08. The third kappa shape index (κ3) is 4.88. The summed E-state index contributed by atoms with van der Waals surface area (Å²) in [6, 6.07) is 14.9. The van der Waals surface area contributed by atoms with Crippen molar-refractivity contribution >= 4 is 11.6 Å². The first-order valence-electron chi connectivity index (χ1n) is 11.1. The highest BCUT2D eigenvalue weighted by Gasteiger charge is 2.50. The number of aliphatic hydroxyl groups excluding tert-OH is 1. The Morgan fingerprint density at radius 1 is 1.21 bits per heavy atom. The fourth-order valence-electron chi connectivity index (χ4n) is 4.95. The molecule has 2 heterocycles. The predicted octanol–water partition coefficient (Wildman–Crippen LogP) is 3.44. The van der Waals surface area contributed by atoms with E-state index in [4.69, 9.17) is 10.00 Å². The maximum absolute atomic E-state index is 13.4. The number of carbonyl (C=O) groups is 1. The average molecular weight is 473 g/mol. The number of piperidine rings is 1. The highest BCUT2D eigenvalue weighted by atomic mass is 19.4. The van der Waals surface area contributed by atoms with Gasteiger partial charge in [-0.1, -0.05) is 30.3 Å². The summed E-state index contributed by atoms with van der Waals surface area (Å²) in [5.41, 5.74) is -0.496. The van der Waals surface area contributed by atoms with Crippen molar-refractivity contribution in [3.8, 4) is 6.07 Å². The Hall–Kier alpha value is -3.09. The molecule has 6 nitrogen and oxygen atoms in total. The van der Waals surface area contributed by atoms with E-state index in [0.29, 0.717) is 44.9 Å². The van der Waals surface area contributed by atoms with E-state index >= 15 is 0 Å². The second kappa shape index (κ2) is 9.65. The summed E-state index contributed by atoms with van der Waals surface area (Å²) in [6.45, 7) is 1.83. The fourth-order valence-corrected chi connectivity index (χ4v) is 4.95. The molecule has 2 aromatic rings. The third-order valence-electron chi connectivity index (χ3n) is 6.93. The summed E-state index contributed by atoms with van der Waals surface area (Å²) in [7, 11) is 0. The number of rotatable bonds is 6. The standard InChI is InChI=1S/C25H26F3N3O3/c26-25(27,28)22-10-21(7-6-19(22)11-29)30-9-8-24(17-32)16-31(13-20(24)12-30)23(33)15-34-14-18-4-2-1-3-5-18/h1-7,10,20,32H,8-9,12-17H2/t20-,24+/m1/s1. The maximum atomic E-state index is 13.4. The van der Waals surface area contributed by atoms with Crippen LogP contribution in [-0.4, -0.2) is 55.3 Å². The highest BCUT2D eigenvalue weighted by Crippen LogP contribution is 2.44. The lowest BCUT2D eigenvalue weighted by Crippen LogP contribution is -2.49. The molecule has 34 heavy (non-hydrogen) atoms. The van der Waals surface area contributed by atoms with E-state index in [1.54, 1.807) is 11.0 Å². The number of benzene rings is 2. The smallest absolute Gasteiger partial charge is 0.396 e. The molecule has 0 aromatic heterocycles. The first kappa shape index (κ1) is 24.0. The van der Waals surface area contributed by atoms with Crippen molar-refractivity contribution in [3.05, 3.63) is 65.2 Å². The van der Waals surface area contributed by atoms with Gasteiger partial charge < -0.3 is 19.6 Å². The molecule has 9 heteroatoms. The second-order valence-electron chi connectivity index (χ2n) is 9.01. The van der Waals surface area contributed by atoms with Crippen molar-refractivity contribution in [2.45, 2.75) is 19.2 Å². The number of fused-ring (bicyclic) bond motifs is 1. The lowest BCUT2D eigenvalue weighted by Gasteiger charge is -2.43. The summed E-state index contributed by atoms with van der Waals surface area (Å²) in [4.78, 5) is 16.3. The van der Waals surface area contributed by atoms with E-state index in [1.165, 1.54) is 12.1 Å². The highest BCUT2D eigenvalue weighted by molar-refractivity contribution is 5.78. The van der Waals surface area contributed by atoms with Crippen molar-refractivity contribution in [2.24, 2.45) is 11.3 Å². The van der Waals surface area contributed by atoms with E-state index in [1.807, 2.05) is 35.2 Å². The van der Waals surface area contributed by atoms with Gasteiger partial charge in [-0.2, -0.15) is 18.4 Å². The van der Waals surface area contributed by atoms with Gasteiger partial charge >= 0.3 is 6.18 Å². The molecule has 1 N–H and O–H groups in total. The number of nitrogens with zero attached hydrogens (tertiary/aromatic N) is 3. The number of aliphatic hydroxyl groups is 1. The minimum absolute atomic E-state index is 0.0720. The molecule has 2 aliphatic rings. The van der Waals surface area contributed by atoms with Crippen LogP contribution in [0.15, 0.2) is 48.5 Å². The number of hydrogen-bond donors (Lipinski definition) is 1. The lowest BCUT2D eigenvalue weighted by atomic mass is 9.73. The molecule has 2 atom stereocenters. The Morgan fingerprint density at radius 2 is 1.97 bits per heavy atom. The molecule has 4 rings (SSSR count). The summed E-state index contributed by atoms with van der Waals surface area (Å²) >= 11 is 0. The van der Waals surface area contributed by atoms with Crippen LogP contribution in [-0.2, 0) is 22.3 Å². The quantitative estimate of drug-likeness (QED) is 0.696. The van der Waals surface area contributed by atoms with Gasteiger partial charge in [-0.25, -0.2) is 0 Å². The number of likely N-dealkylation sites (tertiary alicyclic amines) is 1. The van der Waals surface area contributed by atoms with E-state index in [9.17, 15) is 23.1 Å². The Labute approximate surface area is 196 Å². The van der Waals surface area contributed by atoms with Crippen molar-refractivity contribution in [1.82, 2.24) is 4.90 Å². The largest absolute Gasteiger partial charge is 0.417 e. The topological polar surface area (TPSA) is 76.8 Å². The van der Waals surface area contributed by atoms with E-state index in [2.05, 4.69) is 0 Å². The number of anilines is 1. The van der Waals surface area contributed by atoms with Gasteiger partial charge in [0, 0.05) is 43.2 Å². The zero-order valence-corrected chi connectivity index (χ0v) is 18.6. The summed E-state index contributed by atoms with van der Waals surface area (Å²) < 4.78 is 45.8. The van der Waals surface area contributed by atoms with Crippen LogP contribution < -0.4 is 4.90 Å². The van der Waals surface area contributed by atoms with Gasteiger partial charge in [0.25, 0.3) is 0 Å². The van der Waals surface area contributed by atoms with Gasteiger partial charge in [0.15, 0.2) is 0 Å². The molecule has 0 aliphatic carbocycles. The molecule has 0 spiro atoms. The first-order chi connectivity index (χ1) is 16.3. The molecule has 180 valence electrons. The van der Waals surface area contributed by atoms with Crippen molar-refractivity contribution < 1.29 is 27.8 Å². The number of alkyl halides is 3. The molecule has 0 unspecified atom stereocenters. The van der Waals surface area contributed by atoms with Crippen LogP contribution in [0.1, 0.15) is 23.1 Å². The molecule has 0 bridgehead atoms. The third-order valence-corrected chi connectivity index (χ3v) is 6.93. The van der Waals surface area contributed by atoms with Crippen LogP contribution in [0.25, 0.3) is 0 Å². The molecule has 2 aliphatic heterocycles. The minimum Gasteiger partial charge on any atom is -0.396 e. The van der Waals surface area contributed by atoms with Crippen molar-refractivity contribution in [2.75, 3.05) is 44.3 Å². The number of halogens is 3. The van der Waals surface area contributed by atoms with Gasteiger partial charge in [0.1, 0.15) is 6.61 Å². The van der Waals surface area contributed by atoms with Crippen molar-refractivity contribution in [3.63, 3.8) is 0 Å². The van der Waals surface area contributed by atoms with Gasteiger partial charge in [-0.15, -0.1) is 0 Å². The van der Waals surface area contributed by atoms with Gasteiger partial charge in [-0.3, -0.25) is 4.79 Å². The lowest BCUT2D eigenvalue weighted by molar-refractivity contribution is -0.138. The Kier molecular flexibility index (Phi) is 6.82. The van der Waals surface area contributed by atoms with E-state index in [-0.39, 0.29) is 25.0 Å². The molecular formula is C25H26F3N3O3. The van der Waals surface area contributed by atoms with Crippen LogP contribution in [0.5, 0.6) is 0 Å². The van der Waals surface area contributed by atoms with Gasteiger partial charge in [0.2, 0.25) is 5.91 Å². The summed E-state index contributed by atoms with van der Waals surface area (Å²) in [5.74, 6) is -0.253. The van der Waals surface area contributed by atoms with Crippen molar-refractivity contribution in [1.29, 1.82) is 5.26 Å². The zero-order valence-electron chi connectivity index (χ0n) is 18.6. The predicted molar refractivity (Wildman–Crippen MR) is 119 cm³/mol. The van der Waals surface area contributed by atoms with Crippen LogP contribution in [0.4, 0.5) is 18.9 Å². The maximum Gasteiger partial charge on any atom is 0.417 e. The van der Waals surface area contributed by atoms with E-state index in [0.717, 1.165) is 11.6 Å². The summed E-state index contributed by atoms with van der Waals surface area (Å²) in [5, 5.41) is 19.2. The second-order valence-corrected chi connectivity index (χ2v) is 9.01. The Bertz CT molecular complexity index is 1070. The molecule has 1 amide bonds. The van der Waals surface area contributed by atoms with Gasteiger partial charge in [0.05, 0.1) is 30.4 Å². The Balaban J connectivity index is 1.42. The molecule has 0 saturated carbocycles. The average Bonchev–Trinajstić information content (AvgIpc) is 3.23. The number of hydrogen-bond acceptors (Lipinski definition) is 5. The number of nitriles is 1. The number of carbonyl (C=O) groups excluding carboxylic acids is 1. The van der Waals surface area contributed by atoms with Crippen LogP contribution in [0, 0.1) is 22.7 Å². The van der Waals surface area contributed by atoms with E-state index < -0.39 is 22.7 Å².